The number of nitrogens with two attached hydrogens (primary N) is 1. The number of rotatable bonds is 7. The molecule has 0 unspecified atom stereocenters. The van der Waals surface area contributed by atoms with Gasteiger partial charge in [-0.2, -0.15) is 0 Å². The first-order valence-corrected chi connectivity index (χ1v) is 7.27. The Kier molecular flexibility index (Phi) is 5.37. The van der Waals surface area contributed by atoms with Crippen LogP contribution in [0.25, 0.3) is 0 Å². The van der Waals surface area contributed by atoms with Gasteiger partial charge in [-0.3, -0.25) is 0 Å². The van der Waals surface area contributed by atoms with Gasteiger partial charge in [0.25, 0.3) is 0 Å². The van der Waals surface area contributed by atoms with Crippen LogP contribution in [0.1, 0.15) is 25.8 Å². The minimum atomic E-state index is 0.597. The van der Waals surface area contributed by atoms with Gasteiger partial charge in [-0.15, -0.1) is 0 Å². The van der Waals surface area contributed by atoms with Crippen LogP contribution in [0.3, 0.4) is 0 Å². The van der Waals surface area contributed by atoms with Gasteiger partial charge >= 0.3 is 0 Å². The Morgan fingerprint density at radius 2 is 2.05 bits per heavy atom. The summed E-state index contributed by atoms with van der Waals surface area (Å²) >= 11 is 0. The number of benzene rings is 1. The lowest BCUT2D eigenvalue weighted by Gasteiger charge is -2.23. The normalized spacial score (nSPS) is 10.4. The molecule has 0 saturated carbocycles. The molecular weight excluding hydrogens is 264 g/mol. The van der Waals surface area contributed by atoms with Gasteiger partial charge in [0.1, 0.15) is 12.1 Å². The highest BCUT2D eigenvalue weighted by molar-refractivity contribution is 5.45. The first kappa shape index (κ1) is 15.1. The summed E-state index contributed by atoms with van der Waals surface area (Å²) in [7, 11) is 0. The molecule has 1 aromatic carbocycles. The van der Waals surface area contributed by atoms with Crippen molar-refractivity contribution in [2.45, 2.75) is 26.8 Å². The molecule has 0 amide bonds. The molecule has 2 rings (SSSR count). The average Bonchev–Trinajstić information content (AvgIpc) is 2.47. The van der Waals surface area contributed by atoms with Crippen LogP contribution in [0.5, 0.6) is 5.88 Å². The van der Waals surface area contributed by atoms with Crippen molar-refractivity contribution < 1.29 is 4.74 Å². The van der Waals surface area contributed by atoms with Crippen molar-refractivity contribution in [1.82, 2.24) is 9.97 Å². The quantitative estimate of drug-likeness (QED) is 0.793. The van der Waals surface area contributed by atoms with Gasteiger partial charge in [0.05, 0.1) is 6.61 Å². The number of ether oxygens (including phenoxy) is 1. The maximum Gasteiger partial charge on any atom is 0.218 e. The third-order valence-corrected chi connectivity index (χ3v) is 3.06. The van der Waals surface area contributed by atoms with E-state index in [0.29, 0.717) is 12.5 Å². The maximum atomic E-state index is 5.85. The van der Waals surface area contributed by atoms with Crippen LogP contribution in [-0.4, -0.2) is 23.1 Å². The fourth-order valence-corrected chi connectivity index (χ4v) is 2.19. The lowest BCUT2D eigenvalue weighted by molar-refractivity contribution is 0.326. The van der Waals surface area contributed by atoms with E-state index in [2.05, 4.69) is 27.9 Å². The predicted molar refractivity (Wildman–Crippen MR) is 85.4 cm³/mol. The number of aromatic nitrogens is 2. The topological polar surface area (TPSA) is 64.3 Å². The molecule has 5 nitrogen and oxygen atoms in total. The third-order valence-electron chi connectivity index (χ3n) is 3.06. The molecule has 0 atom stereocenters. The SMILES string of the molecule is CCCN(Cc1cccc(N)c1)c1cc(OCC)ncn1. The fourth-order valence-electron chi connectivity index (χ4n) is 2.19. The van der Waals surface area contributed by atoms with E-state index in [0.717, 1.165) is 31.0 Å². The second kappa shape index (κ2) is 7.47. The van der Waals surface area contributed by atoms with Crippen LogP contribution in [-0.2, 0) is 6.54 Å². The summed E-state index contributed by atoms with van der Waals surface area (Å²) in [6.45, 7) is 6.37. The van der Waals surface area contributed by atoms with Gasteiger partial charge in [0, 0.05) is 24.8 Å². The molecule has 0 spiro atoms. The van der Waals surface area contributed by atoms with Crippen molar-refractivity contribution in [3.8, 4) is 5.88 Å². The largest absolute Gasteiger partial charge is 0.478 e. The van der Waals surface area contributed by atoms with Gasteiger partial charge in [-0.05, 0) is 31.0 Å². The highest BCUT2D eigenvalue weighted by Crippen LogP contribution is 2.19. The zero-order valence-electron chi connectivity index (χ0n) is 12.6. The fraction of sp³-hybridized carbons (Fsp3) is 0.375. The van der Waals surface area contributed by atoms with E-state index in [-0.39, 0.29) is 0 Å². The molecule has 1 heterocycles. The summed E-state index contributed by atoms with van der Waals surface area (Å²) in [6.07, 6.45) is 2.58. The van der Waals surface area contributed by atoms with Gasteiger partial charge in [-0.1, -0.05) is 19.1 Å². The van der Waals surface area contributed by atoms with Gasteiger partial charge in [-0.25, -0.2) is 9.97 Å². The highest BCUT2D eigenvalue weighted by Gasteiger charge is 2.10. The molecule has 112 valence electrons. The molecule has 0 aliphatic heterocycles. The molecule has 21 heavy (non-hydrogen) atoms. The van der Waals surface area contributed by atoms with Crippen molar-refractivity contribution in [2.75, 3.05) is 23.8 Å². The number of anilines is 2. The van der Waals surface area contributed by atoms with E-state index in [1.165, 1.54) is 5.56 Å². The second-order valence-corrected chi connectivity index (χ2v) is 4.81. The van der Waals surface area contributed by atoms with E-state index < -0.39 is 0 Å². The van der Waals surface area contributed by atoms with Gasteiger partial charge in [0.2, 0.25) is 5.88 Å². The molecule has 0 fully saturated rings. The van der Waals surface area contributed by atoms with E-state index in [1.54, 1.807) is 6.33 Å². The first-order valence-electron chi connectivity index (χ1n) is 7.27. The molecule has 0 aliphatic carbocycles. The smallest absolute Gasteiger partial charge is 0.218 e. The molecule has 0 saturated heterocycles. The van der Waals surface area contributed by atoms with Crippen LogP contribution in [0.15, 0.2) is 36.7 Å². The molecular formula is C16H22N4O. The van der Waals surface area contributed by atoms with E-state index in [4.69, 9.17) is 10.5 Å². The number of nitrogens with zero attached hydrogens (tertiary/aromatic N) is 3. The van der Waals surface area contributed by atoms with Gasteiger partial charge < -0.3 is 15.4 Å². The minimum Gasteiger partial charge on any atom is -0.478 e. The molecule has 2 aromatic rings. The standard InChI is InChI=1S/C16H22N4O/c1-3-8-20(11-13-6-5-7-14(17)9-13)15-10-16(21-4-2)19-12-18-15/h5-7,9-10,12H,3-4,8,11,17H2,1-2H3. The zero-order valence-corrected chi connectivity index (χ0v) is 12.6. The third kappa shape index (κ3) is 4.34. The average molecular weight is 286 g/mol. The first-order chi connectivity index (χ1) is 10.2. The van der Waals surface area contributed by atoms with Crippen molar-refractivity contribution in [2.24, 2.45) is 0 Å². The molecule has 5 heteroatoms. The number of hydrogen-bond donors (Lipinski definition) is 1. The van der Waals surface area contributed by atoms with Crippen molar-refractivity contribution in [3.05, 3.63) is 42.2 Å². The summed E-state index contributed by atoms with van der Waals surface area (Å²) in [5.74, 6) is 1.48. The van der Waals surface area contributed by atoms with Crippen molar-refractivity contribution in [3.63, 3.8) is 0 Å². The number of hydrogen-bond acceptors (Lipinski definition) is 5. The Morgan fingerprint density at radius 1 is 1.19 bits per heavy atom. The van der Waals surface area contributed by atoms with Crippen molar-refractivity contribution >= 4 is 11.5 Å². The van der Waals surface area contributed by atoms with Crippen LogP contribution < -0.4 is 15.4 Å². The lowest BCUT2D eigenvalue weighted by Crippen LogP contribution is -2.24. The van der Waals surface area contributed by atoms with E-state index >= 15 is 0 Å². The summed E-state index contributed by atoms with van der Waals surface area (Å²) in [5.41, 5.74) is 7.79. The summed E-state index contributed by atoms with van der Waals surface area (Å²) in [4.78, 5) is 10.7. The molecule has 0 aliphatic rings. The minimum absolute atomic E-state index is 0.597. The Labute approximate surface area is 125 Å². The monoisotopic (exact) mass is 286 g/mol. The molecule has 2 N–H and O–H groups in total. The number of nitrogen functional groups attached to an aromatic ring is 1. The maximum absolute atomic E-state index is 5.85. The Morgan fingerprint density at radius 3 is 2.76 bits per heavy atom. The molecule has 1 aromatic heterocycles. The Hall–Kier alpha value is -2.30. The van der Waals surface area contributed by atoms with Crippen molar-refractivity contribution in [1.29, 1.82) is 0 Å². The highest BCUT2D eigenvalue weighted by atomic mass is 16.5. The summed E-state index contributed by atoms with van der Waals surface area (Å²) < 4.78 is 5.45. The van der Waals surface area contributed by atoms with Crippen LogP contribution >= 0.6 is 0 Å². The van der Waals surface area contributed by atoms with Gasteiger partial charge in [0.15, 0.2) is 0 Å². The van der Waals surface area contributed by atoms with E-state index in [9.17, 15) is 0 Å². The second-order valence-electron chi connectivity index (χ2n) is 4.81. The lowest BCUT2D eigenvalue weighted by atomic mass is 10.2. The van der Waals surface area contributed by atoms with Crippen LogP contribution in [0.4, 0.5) is 11.5 Å². The summed E-state index contributed by atoms with van der Waals surface area (Å²) in [5, 5.41) is 0. The molecule has 0 radical (unpaired) electrons. The molecule has 0 bridgehead atoms. The summed E-state index contributed by atoms with van der Waals surface area (Å²) in [6, 6.07) is 9.81. The van der Waals surface area contributed by atoms with E-state index in [1.807, 2.05) is 31.2 Å². The Balaban J connectivity index is 2.19. The van der Waals surface area contributed by atoms with Crippen LogP contribution in [0, 0.1) is 0 Å². The Bertz CT molecular complexity index is 574. The van der Waals surface area contributed by atoms with Crippen LogP contribution in [0.2, 0.25) is 0 Å². The zero-order chi connectivity index (χ0) is 15.1. The predicted octanol–water partition coefficient (Wildman–Crippen LogP) is 2.87.